The molecule has 0 saturated heterocycles. The molecule has 0 atom stereocenters. The summed E-state index contributed by atoms with van der Waals surface area (Å²) in [7, 11) is 0. The smallest absolute Gasteiger partial charge is 0.239 e. The van der Waals surface area contributed by atoms with Crippen molar-refractivity contribution >= 4 is 11.8 Å². The summed E-state index contributed by atoms with van der Waals surface area (Å²) in [6.07, 6.45) is 2.74. The lowest BCUT2D eigenvalue weighted by atomic mass is 10.1. The summed E-state index contributed by atoms with van der Waals surface area (Å²) in [6.45, 7) is 7.20. The molecule has 4 heteroatoms. The van der Waals surface area contributed by atoms with Gasteiger partial charge in [0.2, 0.25) is 11.8 Å². The van der Waals surface area contributed by atoms with E-state index in [1.165, 1.54) is 12.5 Å². The van der Waals surface area contributed by atoms with Gasteiger partial charge in [-0.1, -0.05) is 44.2 Å². The van der Waals surface area contributed by atoms with Crippen molar-refractivity contribution in [3.05, 3.63) is 35.9 Å². The first-order valence-corrected chi connectivity index (χ1v) is 8.05. The van der Waals surface area contributed by atoms with Crippen LogP contribution in [-0.2, 0) is 16.0 Å². The molecule has 0 fully saturated rings. The summed E-state index contributed by atoms with van der Waals surface area (Å²) in [5.41, 5.74) is 1.26. The van der Waals surface area contributed by atoms with Crippen LogP contribution in [0.5, 0.6) is 0 Å². The average molecular weight is 304 g/mol. The van der Waals surface area contributed by atoms with Crippen molar-refractivity contribution in [1.29, 1.82) is 0 Å². The second-order valence-electron chi connectivity index (χ2n) is 6.06. The molecule has 0 aliphatic rings. The standard InChI is InChI=1S/C18H28N2O2/c1-15(2)11-12-19-18(22)14-20(16(3)21)13-7-10-17-8-5-4-6-9-17/h4-6,8-9,15H,7,10-14H2,1-3H3,(H,19,22). The van der Waals surface area contributed by atoms with E-state index >= 15 is 0 Å². The molecule has 0 aliphatic carbocycles. The Balaban J connectivity index is 2.32. The highest BCUT2D eigenvalue weighted by Crippen LogP contribution is 2.04. The van der Waals surface area contributed by atoms with E-state index in [-0.39, 0.29) is 18.4 Å². The van der Waals surface area contributed by atoms with Crippen molar-refractivity contribution in [3.63, 3.8) is 0 Å². The normalized spacial score (nSPS) is 10.5. The minimum absolute atomic E-state index is 0.0490. The van der Waals surface area contributed by atoms with Crippen LogP contribution in [0.2, 0.25) is 0 Å². The molecule has 0 spiro atoms. The molecule has 1 aromatic carbocycles. The monoisotopic (exact) mass is 304 g/mol. The Morgan fingerprint density at radius 1 is 1.18 bits per heavy atom. The number of benzene rings is 1. The maximum absolute atomic E-state index is 11.9. The third-order valence-electron chi connectivity index (χ3n) is 3.56. The number of hydrogen-bond acceptors (Lipinski definition) is 2. The Morgan fingerprint density at radius 2 is 1.86 bits per heavy atom. The number of carbonyl (C=O) groups excluding carboxylic acids is 2. The van der Waals surface area contributed by atoms with Crippen molar-refractivity contribution in [2.45, 2.75) is 40.0 Å². The summed E-state index contributed by atoms with van der Waals surface area (Å²) >= 11 is 0. The Morgan fingerprint density at radius 3 is 2.45 bits per heavy atom. The Bertz CT molecular complexity index is 457. The summed E-state index contributed by atoms with van der Waals surface area (Å²) in [5, 5.41) is 2.87. The fourth-order valence-electron chi connectivity index (χ4n) is 2.20. The summed E-state index contributed by atoms with van der Waals surface area (Å²) in [5.74, 6) is 0.442. The third kappa shape index (κ3) is 7.81. The van der Waals surface area contributed by atoms with Crippen molar-refractivity contribution in [2.75, 3.05) is 19.6 Å². The number of carbonyl (C=O) groups is 2. The molecule has 0 bridgehead atoms. The molecule has 1 rings (SSSR count). The zero-order chi connectivity index (χ0) is 16.4. The zero-order valence-electron chi connectivity index (χ0n) is 14.0. The first kappa shape index (κ1) is 18.2. The summed E-state index contributed by atoms with van der Waals surface area (Å²) in [4.78, 5) is 25.1. The molecule has 4 nitrogen and oxygen atoms in total. The van der Waals surface area contributed by atoms with Crippen molar-refractivity contribution in [1.82, 2.24) is 10.2 Å². The fraction of sp³-hybridized carbons (Fsp3) is 0.556. The largest absolute Gasteiger partial charge is 0.355 e. The van der Waals surface area contributed by atoms with E-state index in [0.29, 0.717) is 19.0 Å². The van der Waals surface area contributed by atoms with Crippen molar-refractivity contribution in [3.8, 4) is 0 Å². The molecule has 22 heavy (non-hydrogen) atoms. The lowest BCUT2D eigenvalue weighted by Gasteiger charge is -2.20. The van der Waals surface area contributed by atoms with Gasteiger partial charge in [-0.15, -0.1) is 0 Å². The van der Waals surface area contributed by atoms with Gasteiger partial charge in [-0.3, -0.25) is 9.59 Å². The van der Waals surface area contributed by atoms with Gasteiger partial charge >= 0.3 is 0 Å². The van der Waals surface area contributed by atoms with Crippen LogP contribution in [0.15, 0.2) is 30.3 Å². The minimum Gasteiger partial charge on any atom is -0.355 e. The van der Waals surface area contributed by atoms with E-state index in [1.807, 2.05) is 18.2 Å². The van der Waals surface area contributed by atoms with Crippen molar-refractivity contribution < 1.29 is 9.59 Å². The van der Waals surface area contributed by atoms with Crippen LogP contribution < -0.4 is 5.32 Å². The van der Waals surface area contributed by atoms with Crippen LogP contribution in [0.25, 0.3) is 0 Å². The third-order valence-corrected chi connectivity index (χ3v) is 3.56. The first-order chi connectivity index (χ1) is 10.5. The zero-order valence-corrected chi connectivity index (χ0v) is 14.0. The van der Waals surface area contributed by atoms with Crippen LogP contribution in [0, 0.1) is 5.92 Å². The van der Waals surface area contributed by atoms with Gasteiger partial charge < -0.3 is 10.2 Å². The van der Waals surface area contributed by atoms with Crippen LogP contribution in [0.3, 0.4) is 0 Å². The van der Waals surface area contributed by atoms with E-state index in [0.717, 1.165) is 19.3 Å². The fourth-order valence-corrected chi connectivity index (χ4v) is 2.20. The van der Waals surface area contributed by atoms with Crippen LogP contribution >= 0.6 is 0 Å². The van der Waals surface area contributed by atoms with Crippen LogP contribution in [0.4, 0.5) is 0 Å². The lowest BCUT2D eigenvalue weighted by Crippen LogP contribution is -2.40. The van der Waals surface area contributed by atoms with E-state index in [1.54, 1.807) is 4.90 Å². The number of amides is 2. The molecule has 1 aromatic rings. The quantitative estimate of drug-likeness (QED) is 0.762. The van der Waals surface area contributed by atoms with Crippen LogP contribution in [-0.4, -0.2) is 36.3 Å². The average Bonchev–Trinajstić information content (AvgIpc) is 2.46. The van der Waals surface area contributed by atoms with Gasteiger partial charge in [0.1, 0.15) is 0 Å². The Kier molecular flexibility index (Phi) is 8.26. The number of hydrogen-bond donors (Lipinski definition) is 1. The van der Waals surface area contributed by atoms with E-state index < -0.39 is 0 Å². The van der Waals surface area contributed by atoms with E-state index in [4.69, 9.17) is 0 Å². The van der Waals surface area contributed by atoms with Gasteiger partial charge in [0.05, 0.1) is 6.54 Å². The number of nitrogens with one attached hydrogen (secondary N) is 1. The summed E-state index contributed by atoms with van der Waals surface area (Å²) in [6, 6.07) is 10.2. The highest BCUT2D eigenvalue weighted by Gasteiger charge is 2.13. The molecule has 0 unspecified atom stereocenters. The van der Waals surface area contributed by atoms with Crippen molar-refractivity contribution in [2.24, 2.45) is 5.92 Å². The summed E-state index contributed by atoms with van der Waals surface area (Å²) < 4.78 is 0. The molecule has 0 heterocycles. The molecule has 0 radical (unpaired) electrons. The molecule has 0 aromatic heterocycles. The van der Waals surface area contributed by atoms with Gasteiger partial charge in [0.25, 0.3) is 0 Å². The molecule has 0 aliphatic heterocycles. The second-order valence-corrected chi connectivity index (χ2v) is 6.06. The molecule has 122 valence electrons. The molecular formula is C18H28N2O2. The minimum atomic E-state index is -0.0736. The Hall–Kier alpha value is -1.84. The predicted molar refractivity (Wildman–Crippen MR) is 89.5 cm³/mol. The maximum Gasteiger partial charge on any atom is 0.239 e. The molecule has 2 amide bonds. The van der Waals surface area contributed by atoms with E-state index in [2.05, 4.69) is 31.3 Å². The maximum atomic E-state index is 11.9. The Labute approximate surface area is 133 Å². The number of nitrogens with zero attached hydrogens (tertiary/aromatic N) is 1. The predicted octanol–water partition coefficient (Wildman–Crippen LogP) is 2.63. The topological polar surface area (TPSA) is 49.4 Å². The first-order valence-electron chi connectivity index (χ1n) is 8.05. The van der Waals surface area contributed by atoms with E-state index in [9.17, 15) is 9.59 Å². The molecular weight excluding hydrogens is 276 g/mol. The second kappa shape index (κ2) is 9.98. The highest BCUT2D eigenvalue weighted by molar-refractivity contribution is 5.83. The molecule has 0 saturated carbocycles. The lowest BCUT2D eigenvalue weighted by molar-refractivity contribution is -0.134. The van der Waals surface area contributed by atoms with Crippen LogP contribution in [0.1, 0.15) is 39.2 Å². The SMILES string of the molecule is CC(=O)N(CCCc1ccccc1)CC(=O)NCCC(C)C. The molecule has 1 N–H and O–H groups in total. The van der Waals surface area contributed by atoms with Gasteiger partial charge in [0.15, 0.2) is 0 Å². The number of aryl methyl sites for hydroxylation is 1. The van der Waals surface area contributed by atoms with Gasteiger partial charge in [-0.25, -0.2) is 0 Å². The van der Waals surface area contributed by atoms with Gasteiger partial charge in [0, 0.05) is 20.0 Å². The van der Waals surface area contributed by atoms with Gasteiger partial charge in [-0.05, 0) is 30.7 Å². The highest BCUT2D eigenvalue weighted by atomic mass is 16.2. The van der Waals surface area contributed by atoms with Gasteiger partial charge in [-0.2, -0.15) is 0 Å². The number of rotatable bonds is 9.